The second-order valence-electron chi connectivity index (χ2n) is 10.3. The van der Waals surface area contributed by atoms with Crippen LogP contribution in [0.1, 0.15) is 74.1 Å². The molecule has 3 aromatic heterocycles. The molecule has 41 heavy (non-hydrogen) atoms. The summed E-state index contributed by atoms with van der Waals surface area (Å²) in [7, 11) is 0. The largest absolute Gasteiger partial charge is 0.461 e. The van der Waals surface area contributed by atoms with Gasteiger partial charge in [0.2, 0.25) is 5.89 Å². The van der Waals surface area contributed by atoms with E-state index in [2.05, 4.69) is 10.3 Å². The van der Waals surface area contributed by atoms with Gasteiger partial charge in [-0.05, 0) is 59.2 Å². The number of carbonyl (C=O) groups is 2. The number of esters is 1. The fraction of sp³-hybridized carbons (Fsp3) is 0.367. The molecule has 4 rings (SSSR count). The maximum Gasteiger partial charge on any atom is 0.408 e. The number of oxazole rings is 1. The molecule has 4 aromatic rings. The average Bonchev–Trinajstić information content (AvgIpc) is 3.56. The van der Waals surface area contributed by atoms with Crippen molar-refractivity contribution in [1.29, 1.82) is 0 Å². The molecule has 1 amide bonds. The van der Waals surface area contributed by atoms with Crippen LogP contribution in [0.2, 0.25) is 0 Å². The molecule has 1 N–H and O–H groups in total. The number of alkyl carbamates (subject to hydrolysis) is 1. The van der Waals surface area contributed by atoms with E-state index in [-0.39, 0.29) is 18.9 Å². The molecule has 0 aliphatic heterocycles. The smallest absolute Gasteiger partial charge is 0.408 e. The zero-order valence-electron chi connectivity index (χ0n) is 24.0. The number of pyridine rings is 1. The van der Waals surface area contributed by atoms with Crippen LogP contribution in [0.25, 0.3) is 22.0 Å². The number of rotatable bonds is 10. The SMILES string of the molecule is CCOC(=O)c1csc(-c2ccc(COCc3ccccc3)nc2-c2nc([C@H](C)NC(=O)OC(C)(C)C)oc2C)n1. The first-order chi connectivity index (χ1) is 19.5. The van der Waals surface area contributed by atoms with E-state index in [4.69, 9.17) is 28.6 Å². The first-order valence-electron chi connectivity index (χ1n) is 13.3. The number of aromatic nitrogens is 3. The van der Waals surface area contributed by atoms with Gasteiger partial charge in [-0.15, -0.1) is 11.3 Å². The molecule has 0 spiro atoms. The van der Waals surface area contributed by atoms with Crippen molar-refractivity contribution in [2.45, 2.75) is 66.4 Å². The number of benzene rings is 1. The van der Waals surface area contributed by atoms with Crippen LogP contribution >= 0.6 is 11.3 Å². The summed E-state index contributed by atoms with van der Waals surface area (Å²) in [5.41, 5.74) is 3.01. The van der Waals surface area contributed by atoms with Gasteiger partial charge in [0.15, 0.2) is 5.69 Å². The fourth-order valence-electron chi connectivity index (χ4n) is 3.84. The number of hydrogen-bond donors (Lipinski definition) is 1. The Kier molecular flexibility index (Phi) is 9.51. The first kappa shape index (κ1) is 29.9. The molecule has 0 fully saturated rings. The van der Waals surface area contributed by atoms with Crippen molar-refractivity contribution in [2.75, 3.05) is 6.61 Å². The lowest BCUT2D eigenvalue weighted by molar-refractivity contribution is 0.0496. The Balaban J connectivity index is 1.65. The third kappa shape index (κ3) is 7.99. The summed E-state index contributed by atoms with van der Waals surface area (Å²) in [5, 5.41) is 4.99. The second-order valence-corrected chi connectivity index (χ2v) is 11.1. The van der Waals surface area contributed by atoms with Crippen LogP contribution in [0, 0.1) is 6.92 Å². The van der Waals surface area contributed by atoms with E-state index in [9.17, 15) is 9.59 Å². The van der Waals surface area contributed by atoms with Crippen LogP contribution in [-0.2, 0) is 27.4 Å². The van der Waals surface area contributed by atoms with E-state index in [1.807, 2.05) is 42.5 Å². The highest BCUT2D eigenvalue weighted by atomic mass is 32.1. The van der Waals surface area contributed by atoms with Crippen molar-refractivity contribution >= 4 is 23.4 Å². The molecule has 0 aliphatic carbocycles. The molecule has 0 bridgehead atoms. The third-order valence-electron chi connectivity index (χ3n) is 5.67. The third-order valence-corrected chi connectivity index (χ3v) is 6.55. The predicted octanol–water partition coefficient (Wildman–Crippen LogP) is 6.65. The summed E-state index contributed by atoms with van der Waals surface area (Å²) >= 11 is 1.30. The van der Waals surface area contributed by atoms with E-state index in [0.29, 0.717) is 45.9 Å². The van der Waals surface area contributed by atoms with Crippen molar-refractivity contribution in [3.8, 4) is 22.0 Å². The lowest BCUT2D eigenvalue weighted by Gasteiger charge is -2.21. The maximum absolute atomic E-state index is 12.3. The van der Waals surface area contributed by atoms with Gasteiger partial charge in [0.05, 0.1) is 25.5 Å². The highest BCUT2D eigenvalue weighted by Gasteiger charge is 2.25. The summed E-state index contributed by atoms with van der Waals surface area (Å²) < 4.78 is 22.3. The zero-order chi connectivity index (χ0) is 29.6. The number of carbonyl (C=O) groups excluding carboxylic acids is 2. The number of amides is 1. The van der Waals surface area contributed by atoms with Gasteiger partial charge >= 0.3 is 12.1 Å². The molecule has 0 unspecified atom stereocenters. The fourth-order valence-corrected chi connectivity index (χ4v) is 4.66. The topological polar surface area (TPSA) is 126 Å². The molecule has 216 valence electrons. The van der Waals surface area contributed by atoms with E-state index < -0.39 is 23.7 Å². The molecule has 0 saturated carbocycles. The summed E-state index contributed by atoms with van der Waals surface area (Å²) in [5.74, 6) is 0.321. The lowest BCUT2D eigenvalue weighted by atomic mass is 10.1. The Hall–Kier alpha value is -4.09. The molecular formula is C30H34N4O6S. The number of nitrogens with one attached hydrogen (secondary N) is 1. The Morgan fingerprint density at radius 1 is 1.02 bits per heavy atom. The minimum atomic E-state index is -0.639. The van der Waals surface area contributed by atoms with Crippen molar-refractivity contribution < 1.29 is 28.2 Å². The maximum atomic E-state index is 12.3. The molecule has 1 aromatic carbocycles. The highest BCUT2D eigenvalue weighted by molar-refractivity contribution is 7.13. The number of nitrogens with zero attached hydrogens (tertiary/aromatic N) is 3. The van der Waals surface area contributed by atoms with Gasteiger partial charge in [-0.2, -0.15) is 0 Å². The summed E-state index contributed by atoms with van der Waals surface area (Å²) in [6.07, 6.45) is -0.576. The monoisotopic (exact) mass is 578 g/mol. The van der Waals surface area contributed by atoms with E-state index >= 15 is 0 Å². The van der Waals surface area contributed by atoms with Crippen molar-refractivity contribution in [3.63, 3.8) is 0 Å². The van der Waals surface area contributed by atoms with Gasteiger partial charge in [0.25, 0.3) is 0 Å². The van der Waals surface area contributed by atoms with E-state index in [0.717, 1.165) is 5.56 Å². The minimum Gasteiger partial charge on any atom is -0.461 e. The van der Waals surface area contributed by atoms with Crippen LogP contribution in [0.4, 0.5) is 4.79 Å². The Labute approximate surface area is 243 Å². The summed E-state index contributed by atoms with van der Waals surface area (Å²) in [6, 6.07) is 13.1. The molecule has 0 aliphatic rings. The predicted molar refractivity (Wildman–Crippen MR) is 154 cm³/mol. The molecule has 10 nitrogen and oxygen atoms in total. The quantitative estimate of drug-likeness (QED) is 0.206. The average molecular weight is 579 g/mol. The van der Waals surface area contributed by atoms with Gasteiger partial charge in [-0.25, -0.2) is 24.5 Å². The minimum absolute atomic E-state index is 0.223. The Morgan fingerprint density at radius 2 is 1.78 bits per heavy atom. The van der Waals surface area contributed by atoms with Crippen molar-refractivity contribution in [2.24, 2.45) is 0 Å². The normalized spacial score (nSPS) is 12.1. The van der Waals surface area contributed by atoms with Gasteiger partial charge in [-0.1, -0.05) is 30.3 Å². The van der Waals surface area contributed by atoms with Crippen molar-refractivity contribution in [3.05, 3.63) is 76.4 Å². The van der Waals surface area contributed by atoms with Gasteiger partial charge < -0.3 is 23.9 Å². The van der Waals surface area contributed by atoms with Crippen LogP contribution in [0.3, 0.4) is 0 Å². The Morgan fingerprint density at radius 3 is 2.49 bits per heavy atom. The number of ether oxygens (including phenoxy) is 3. The van der Waals surface area contributed by atoms with E-state index in [1.54, 1.807) is 46.9 Å². The van der Waals surface area contributed by atoms with E-state index in [1.165, 1.54) is 11.3 Å². The number of aryl methyl sites for hydroxylation is 1. The summed E-state index contributed by atoms with van der Waals surface area (Å²) in [6.45, 7) is 11.6. The lowest BCUT2D eigenvalue weighted by Crippen LogP contribution is -2.34. The molecule has 3 heterocycles. The number of thiazole rings is 1. The van der Waals surface area contributed by atoms with Gasteiger partial charge in [-0.3, -0.25) is 0 Å². The van der Waals surface area contributed by atoms with Crippen LogP contribution in [0.15, 0.2) is 52.3 Å². The molecular weight excluding hydrogens is 544 g/mol. The standard InChI is InChI=1S/C30H34N4O6S/c1-7-38-28(35)23-17-41-27(33-23)22-14-13-21(16-37-15-20-11-9-8-10-12-20)32-25(22)24-19(3)39-26(34-24)18(2)31-29(36)40-30(4,5)6/h8-14,17-18H,7,15-16H2,1-6H3,(H,31,36)/t18-/m0/s1. The molecule has 1 atom stereocenters. The van der Waals surface area contributed by atoms with Gasteiger partial charge in [0, 0.05) is 10.9 Å². The van der Waals surface area contributed by atoms with Crippen LogP contribution in [0.5, 0.6) is 0 Å². The second kappa shape index (κ2) is 13.0. The zero-order valence-corrected chi connectivity index (χ0v) is 24.8. The molecule has 0 radical (unpaired) electrons. The van der Waals surface area contributed by atoms with Crippen LogP contribution in [-0.4, -0.2) is 39.2 Å². The molecule has 11 heteroatoms. The molecule has 0 saturated heterocycles. The number of hydrogen-bond acceptors (Lipinski definition) is 10. The van der Waals surface area contributed by atoms with Gasteiger partial charge in [0.1, 0.15) is 33.8 Å². The summed E-state index contributed by atoms with van der Waals surface area (Å²) in [4.78, 5) is 38.7. The van der Waals surface area contributed by atoms with Crippen molar-refractivity contribution in [1.82, 2.24) is 20.3 Å². The van der Waals surface area contributed by atoms with Crippen LogP contribution < -0.4 is 5.32 Å². The first-order valence-corrected chi connectivity index (χ1v) is 14.1. The Bertz CT molecular complexity index is 1490. The highest BCUT2D eigenvalue weighted by Crippen LogP contribution is 2.35.